The Bertz CT molecular complexity index is 868. The smallest absolute Gasteiger partial charge is 0.228 e. The first-order valence-corrected chi connectivity index (χ1v) is 10.5. The average molecular weight is 394 g/mol. The van der Waals surface area contributed by atoms with Crippen molar-refractivity contribution in [2.75, 3.05) is 30.8 Å². The van der Waals surface area contributed by atoms with Gasteiger partial charge in [0.2, 0.25) is 21.9 Å². The predicted octanol–water partition coefficient (Wildman–Crippen LogP) is 2.66. The highest BCUT2D eigenvalue weighted by Gasteiger charge is 2.29. The minimum atomic E-state index is -3.19. The number of ether oxygens (including phenoxy) is 1. The second-order valence-electron chi connectivity index (χ2n) is 6.39. The maximum absolute atomic E-state index is 13.0. The first kappa shape index (κ1) is 19.5. The van der Waals surface area contributed by atoms with Crippen LogP contribution in [0.4, 0.5) is 10.3 Å². The lowest BCUT2D eigenvalue weighted by atomic mass is 10.1. The second kappa shape index (κ2) is 8.18. The number of aromatic nitrogens is 2. The highest BCUT2D eigenvalue weighted by molar-refractivity contribution is 7.89. The largest absolute Gasteiger partial charge is 0.439 e. The van der Waals surface area contributed by atoms with Gasteiger partial charge in [-0.3, -0.25) is 0 Å². The van der Waals surface area contributed by atoms with Crippen LogP contribution < -0.4 is 9.64 Å². The molecule has 0 bridgehead atoms. The van der Waals surface area contributed by atoms with Crippen molar-refractivity contribution in [1.29, 1.82) is 0 Å². The van der Waals surface area contributed by atoms with Crippen LogP contribution in [0.25, 0.3) is 0 Å². The fourth-order valence-corrected chi connectivity index (χ4v) is 4.10. The van der Waals surface area contributed by atoms with E-state index in [1.165, 1.54) is 28.6 Å². The van der Waals surface area contributed by atoms with Crippen LogP contribution in [0.15, 0.2) is 36.5 Å². The third-order valence-electron chi connectivity index (χ3n) is 4.72. The van der Waals surface area contributed by atoms with Crippen molar-refractivity contribution in [3.05, 3.63) is 42.3 Å². The van der Waals surface area contributed by atoms with Crippen LogP contribution in [-0.2, 0) is 10.0 Å². The molecule has 2 aromatic rings. The van der Waals surface area contributed by atoms with E-state index in [1.54, 1.807) is 26.2 Å². The Balaban J connectivity index is 1.64. The fraction of sp³-hybridized carbons (Fsp3) is 0.444. The van der Waals surface area contributed by atoms with Gasteiger partial charge in [0, 0.05) is 38.4 Å². The summed E-state index contributed by atoms with van der Waals surface area (Å²) in [5.74, 6) is 1.18. The number of sulfonamides is 1. The van der Waals surface area contributed by atoms with Gasteiger partial charge in [0.25, 0.3) is 0 Å². The van der Waals surface area contributed by atoms with Gasteiger partial charge in [-0.1, -0.05) is 0 Å². The highest BCUT2D eigenvalue weighted by Crippen LogP contribution is 2.24. The predicted molar refractivity (Wildman–Crippen MR) is 101 cm³/mol. The Morgan fingerprint density at radius 1 is 1.22 bits per heavy atom. The van der Waals surface area contributed by atoms with Gasteiger partial charge in [-0.05, 0) is 44.0 Å². The van der Waals surface area contributed by atoms with E-state index >= 15 is 0 Å². The van der Waals surface area contributed by atoms with Crippen molar-refractivity contribution >= 4 is 16.0 Å². The van der Waals surface area contributed by atoms with Crippen molar-refractivity contribution in [2.24, 2.45) is 0 Å². The molecule has 1 aliphatic rings. The Hall–Kier alpha value is -2.26. The van der Waals surface area contributed by atoms with E-state index in [9.17, 15) is 12.8 Å². The van der Waals surface area contributed by atoms with E-state index in [2.05, 4.69) is 9.97 Å². The molecule has 0 saturated carbocycles. The summed E-state index contributed by atoms with van der Waals surface area (Å²) in [7, 11) is -1.54. The molecule has 1 aromatic heterocycles. The van der Waals surface area contributed by atoms with Crippen molar-refractivity contribution in [2.45, 2.75) is 25.8 Å². The van der Waals surface area contributed by atoms with Crippen LogP contribution in [0.1, 0.15) is 19.8 Å². The first-order chi connectivity index (χ1) is 12.9. The van der Waals surface area contributed by atoms with Crippen LogP contribution in [0.3, 0.4) is 0 Å². The van der Waals surface area contributed by atoms with Gasteiger partial charge in [-0.2, -0.15) is 4.98 Å². The van der Waals surface area contributed by atoms with Gasteiger partial charge in [0.15, 0.2) is 0 Å². The minimum Gasteiger partial charge on any atom is -0.439 e. The van der Waals surface area contributed by atoms with Crippen LogP contribution in [0.2, 0.25) is 0 Å². The molecule has 3 rings (SSSR count). The van der Waals surface area contributed by atoms with Crippen LogP contribution in [0.5, 0.6) is 11.6 Å². The quantitative estimate of drug-likeness (QED) is 0.750. The monoisotopic (exact) mass is 394 g/mol. The molecule has 0 radical (unpaired) electrons. The zero-order valence-corrected chi connectivity index (χ0v) is 16.2. The van der Waals surface area contributed by atoms with Gasteiger partial charge in [-0.15, -0.1) is 0 Å². The van der Waals surface area contributed by atoms with Crippen LogP contribution in [-0.4, -0.2) is 54.6 Å². The summed E-state index contributed by atoms with van der Waals surface area (Å²) in [6, 6.07) is 7.34. The number of piperidine rings is 1. The molecule has 0 amide bonds. The molecule has 0 aliphatic carbocycles. The van der Waals surface area contributed by atoms with E-state index in [-0.39, 0.29) is 17.6 Å². The third kappa shape index (κ3) is 4.72. The fourth-order valence-electron chi connectivity index (χ4n) is 3.03. The van der Waals surface area contributed by atoms with Crippen molar-refractivity contribution in [3.8, 4) is 11.6 Å². The molecule has 146 valence electrons. The number of nitrogens with zero attached hydrogens (tertiary/aromatic N) is 4. The molecule has 0 atom stereocenters. The number of rotatable bonds is 6. The maximum atomic E-state index is 13.0. The summed E-state index contributed by atoms with van der Waals surface area (Å²) < 4.78 is 44.2. The lowest BCUT2D eigenvalue weighted by molar-refractivity contribution is 0.311. The molecule has 0 spiro atoms. The molecule has 0 unspecified atom stereocenters. The Labute approximate surface area is 158 Å². The van der Waals surface area contributed by atoms with Crippen LogP contribution >= 0.6 is 0 Å². The number of hydrogen-bond donors (Lipinski definition) is 0. The lowest BCUT2D eigenvalue weighted by Gasteiger charge is -2.36. The zero-order valence-electron chi connectivity index (χ0n) is 15.4. The van der Waals surface area contributed by atoms with Crippen molar-refractivity contribution < 1.29 is 17.5 Å². The second-order valence-corrected chi connectivity index (χ2v) is 8.70. The molecule has 9 heteroatoms. The van der Waals surface area contributed by atoms with E-state index < -0.39 is 10.0 Å². The number of benzene rings is 1. The molecule has 1 aliphatic heterocycles. The number of halogens is 1. The molecule has 1 fully saturated rings. The normalized spacial score (nSPS) is 15.9. The molecule has 27 heavy (non-hydrogen) atoms. The van der Waals surface area contributed by atoms with Crippen molar-refractivity contribution in [1.82, 2.24) is 14.3 Å². The van der Waals surface area contributed by atoms with Gasteiger partial charge in [0.1, 0.15) is 11.6 Å². The van der Waals surface area contributed by atoms with Gasteiger partial charge >= 0.3 is 0 Å². The maximum Gasteiger partial charge on any atom is 0.228 e. The topological polar surface area (TPSA) is 75.6 Å². The van der Waals surface area contributed by atoms with E-state index in [1.807, 2.05) is 4.90 Å². The molecular weight excluding hydrogens is 371 g/mol. The minimum absolute atomic E-state index is 0.00940. The zero-order chi connectivity index (χ0) is 19.4. The Kier molecular flexibility index (Phi) is 5.91. The summed E-state index contributed by atoms with van der Waals surface area (Å²) in [4.78, 5) is 10.7. The molecule has 2 heterocycles. The molecule has 0 N–H and O–H groups in total. The average Bonchev–Trinajstić information content (AvgIpc) is 2.69. The van der Waals surface area contributed by atoms with Crippen LogP contribution in [0, 0.1) is 5.82 Å². The molecule has 7 nitrogen and oxygen atoms in total. The number of anilines is 1. The van der Waals surface area contributed by atoms with Gasteiger partial charge in [-0.25, -0.2) is 22.1 Å². The third-order valence-corrected chi connectivity index (χ3v) is 6.62. The van der Waals surface area contributed by atoms with Gasteiger partial charge < -0.3 is 9.64 Å². The Morgan fingerprint density at radius 2 is 1.89 bits per heavy atom. The molecular formula is C18H23FN4O3S. The summed E-state index contributed by atoms with van der Waals surface area (Å²) in [5, 5.41) is 0. The summed E-state index contributed by atoms with van der Waals surface area (Å²) in [6.07, 6.45) is 3.03. The van der Waals surface area contributed by atoms with E-state index in [0.29, 0.717) is 43.5 Å². The standard InChI is InChI=1S/C18H23FN4O3S/c1-3-27(24,25)22(2)15-9-12-23(13-10-15)18-20-11-8-17(21-18)26-16-6-4-14(19)5-7-16/h4-8,11,15H,3,9-10,12-13H2,1-2H3. The summed E-state index contributed by atoms with van der Waals surface area (Å²) in [5.41, 5.74) is 0. The van der Waals surface area contributed by atoms with Crippen molar-refractivity contribution in [3.63, 3.8) is 0 Å². The van der Waals surface area contributed by atoms with Gasteiger partial charge in [0.05, 0.1) is 5.75 Å². The molecule has 1 aromatic carbocycles. The summed E-state index contributed by atoms with van der Waals surface area (Å²) >= 11 is 0. The lowest BCUT2D eigenvalue weighted by Crippen LogP contribution is -2.46. The molecule has 1 saturated heterocycles. The van der Waals surface area contributed by atoms with E-state index in [0.717, 1.165) is 0 Å². The SMILES string of the molecule is CCS(=O)(=O)N(C)C1CCN(c2nccc(Oc3ccc(F)cc3)n2)CC1. The first-order valence-electron chi connectivity index (χ1n) is 8.86. The number of hydrogen-bond acceptors (Lipinski definition) is 6. The summed E-state index contributed by atoms with van der Waals surface area (Å²) in [6.45, 7) is 2.98. The van der Waals surface area contributed by atoms with E-state index in [4.69, 9.17) is 4.74 Å². The highest BCUT2D eigenvalue weighted by atomic mass is 32.2. The Morgan fingerprint density at radius 3 is 2.52 bits per heavy atom.